The predicted octanol–water partition coefficient (Wildman–Crippen LogP) is 6.23. The van der Waals surface area contributed by atoms with E-state index in [2.05, 4.69) is 0 Å². The Bertz CT molecular complexity index is 1030. The fourth-order valence-corrected chi connectivity index (χ4v) is 2.87. The summed E-state index contributed by atoms with van der Waals surface area (Å²) in [6.07, 6.45) is -4.03. The van der Waals surface area contributed by atoms with Crippen molar-refractivity contribution < 1.29 is 27.8 Å². The monoisotopic (exact) mass is 400 g/mol. The lowest BCUT2D eigenvalue weighted by molar-refractivity contribution is -0.187. The number of phenolic OH excluding ortho intramolecular Hbond substituents is 1. The smallest absolute Gasteiger partial charge is 0.429 e. The maximum absolute atomic E-state index is 14.5. The molecule has 3 aromatic rings. The maximum atomic E-state index is 14.5. The number of benzene rings is 3. The molecule has 3 rings (SSSR count). The molecule has 0 saturated heterocycles. The summed E-state index contributed by atoms with van der Waals surface area (Å²) in [4.78, 5) is 11.7. The van der Waals surface area contributed by atoms with Crippen molar-refractivity contribution in [2.75, 3.05) is 0 Å². The summed E-state index contributed by atoms with van der Waals surface area (Å²) in [7, 11) is 0. The Labute approximate surface area is 166 Å². The first-order chi connectivity index (χ1) is 13.7. The SMILES string of the molecule is CCC(=O)c1ccc(C(F)(F)Oc2ccc(-c3ccc(C)cc3)cc2)c(F)c1O. The molecule has 0 aromatic heterocycles. The van der Waals surface area contributed by atoms with Crippen molar-refractivity contribution in [3.63, 3.8) is 0 Å². The molecule has 6 heteroatoms. The summed E-state index contributed by atoms with van der Waals surface area (Å²) >= 11 is 0. The number of carbonyl (C=O) groups excluding carboxylic acids is 1. The molecule has 0 heterocycles. The largest absolute Gasteiger partial charge is 0.504 e. The minimum atomic E-state index is -4.04. The zero-order valence-corrected chi connectivity index (χ0v) is 15.9. The lowest BCUT2D eigenvalue weighted by Crippen LogP contribution is -2.23. The molecule has 150 valence electrons. The highest BCUT2D eigenvalue weighted by molar-refractivity contribution is 5.98. The molecular weight excluding hydrogens is 381 g/mol. The Balaban J connectivity index is 1.84. The number of ether oxygens (including phenoxy) is 1. The third-order valence-electron chi connectivity index (χ3n) is 4.54. The van der Waals surface area contributed by atoms with Gasteiger partial charge in [-0.1, -0.05) is 48.9 Å². The number of hydrogen-bond donors (Lipinski definition) is 1. The highest BCUT2D eigenvalue weighted by Crippen LogP contribution is 2.37. The Morgan fingerprint density at radius 2 is 1.52 bits per heavy atom. The minimum absolute atomic E-state index is 0.00652. The van der Waals surface area contributed by atoms with Crippen LogP contribution in [0.3, 0.4) is 0 Å². The van der Waals surface area contributed by atoms with E-state index in [-0.39, 0.29) is 17.7 Å². The molecule has 29 heavy (non-hydrogen) atoms. The first kappa shape index (κ1) is 20.5. The van der Waals surface area contributed by atoms with Gasteiger partial charge in [-0.25, -0.2) is 4.39 Å². The number of Topliss-reactive ketones (excluding diaryl/α,β-unsaturated/α-hetero) is 1. The van der Waals surface area contributed by atoms with Gasteiger partial charge in [-0.3, -0.25) is 4.79 Å². The third-order valence-corrected chi connectivity index (χ3v) is 4.54. The summed E-state index contributed by atoms with van der Waals surface area (Å²) in [5.74, 6) is -3.40. The van der Waals surface area contributed by atoms with Crippen LogP contribution in [0, 0.1) is 12.7 Å². The van der Waals surface area contributed by atoms with E-state index in [1.54, 1.807) is 12.1 Å². The number of ketones is 1. The van der Waals surface area contributed by atoms with Crippen molar-refractivity contribution in [3.05, 3.63) is 83.2 Å². The molecule has 0 radical (unpaired) electrons. The normalized spacial score (nSPS) is 11.3. The fourth-order valence-electron chi connectivity index (χ4n) is 2.87. The fraction of sp³-hybridized carbons (Fsp3) is 0.174. The van der Waals surface area contributed by atoms with E-state index in [4.69, 9.17) is 4.74 Å². The number of hydrogen-bond acceptors (Lipinski definition) is 3. The van der Waals surface area contributed by atoms with Crippen molar-refractivity contribution in [2.45, 2.75) is 26.4 Å². The molecule has 1 N–H and O–H groups in total. The second kappa shape index (κ2) is 7.99. The highest BCUT2D eigenvalue weighted by Gasteiger charge is 2.39. The molecule has 0 aliphatic rings. The molecule has 0 bridgehead atoms. The van der Waals surface area contributed by atoms with Gasteiger partial charge in [0.1, 0.15) is 11.3 Å². The second-order valence-corrected chi connectivity index (χ2v) is 6.61. The quantitative estimate of drug-likeness (QED) is 0.499. The van der Waals surface area contributed by atoms with Gasteiger partial charge in [0.05, 0.1) is 5.56 Å². The van der Waals surface area contributed by atoms with E-state index < -0.39 is 29.0 Å². The van der Waals surface area contributed by atoms with Crippen LogP contribution in [0.15, 0.2) is 60.7 Å². The number of aryl methyl sites for hydroxylation is 1. The van der Waals surface area contributed by atoms with E-state index in [9.17, 15) is 23.1 Å². The van der Waals surface area contributed by atoms with Crippen molar-refractivity contribution in [1.29, 1.82) is 0 Å². The maximum Gasteiger partial charge on any atom is 0.429 e. The molecule has 0 amide bonds. The number of halogens is 3. The van der Waals surface area contributed by atoms with Crippen molar-refractivity contribution in [2.24, 2.45) is 0 Å². The summed E-state index contributed by atoms with van der Waals surface area (Å²) in [6.45, 7) is 3.48. The zero-order valence-electron chi connectivity index (χ0n) is 15.9. The van der Waals surface area contributed by atoms with Gasteiger partial charge in [0.2, 0.25) is 0 Å². The molecule has 0 atom stereocenters. The Hall–Kier alpha value is -3.28. The molecule has 0 unspecified atom stereocenters. The Morgan fingerprint density at radius 1 is 0.966 bits per heavy atom. The van der Waals surface area contributed by atoms with Crippen molar-refractivity contribution >= 4 is 5.78 Å². The molecule has 0 saturated carbocycles. The van der Waals surface area contributed by atoms with Crippen LogP contribution in [0.5, 0.6) is 11.5 Å². The van der Waals surface area contributed by atoms with Crippen LogP contribution >= 0.6 is 0 Å². The van der Waals surface area contributed by atoms with Crippen molar-refractivity contribution in [3.8, 4) is 22.6 Å². The molecule has 0 fully saturated rings. The topological polar surface area (TPSA) is 46.5 Å². The summed E-state index contributed by atoms with van der Waals surface area (Å²) in [5, 5.41) is 9.81. The number of carbonyl (C=O) groups is 1. The third kappa shape index (κ3) is 4.26. The zero-order chi connectivity index (χ0) is 21.2. The first-order valence-electron chi connectivity index (χ1n) is 9.02. The van der Waals surface area contributed by atoms with Crippen LogP contribution in [-0.4, -0.2) is 10.9 Å². The van der Waals surface area contributed by atoms with Crippen molar-refractivity contribution in [1.82, 2.24) is 0 Å². The van der Waals surface area contributed by atoms with Crippen LogP contribution in [0.4, 0.5) is 13.2 Å². The Kier molecular flexibility index (Phi) is 5.64. The average molecular weight is 400 g/mol. The van der Waals surface area contributed by atoms with Crippen LogP contribution < -0.4 is 4.74 Å². The van der Waals surface area contributed by atoms with Gasteiger partial charge in [0.25, 0.3) is 0 Å². The van der Waals surface area contributed by atoms with Gasteiger partial charge in [-0.05, 0) is 42.3 Å². The van der Waals surface area contributed by atoms with E-state index in [0.717, 1.165) is 28.8 Å². The van der Waals surface area contributed by atoms with Gasteiger partial charge in [0, 0.05) is 6.42 Å². The molecular formula is C23H19F3O3. The van der Waals surface area contributed by atoms with Crippen LogP contribution in [0.1, 0.15) is 34.8 Å². The molecule has 3 nitrogen and oxygen atoms in total. The minimum Gasteiger partial charge on any atom is -0.504 e. The summed E-state index contributed by atoms with van der Waals surface area (Å²) < 4.78 is 48.0. The second-order valence-electron chi connectivity index (χ2n) is 6.61. The van der Waals surface area contributed by atoms with E-state index in [0.29, 0.717) is 0 Å². The van der Waals surface area contributed by atoms with Crippen LogP contribution in [0.2, 0.25) is 0 Å². The van der Waals surface area contributed by atoms with E-state index in [1.807, 2.05) is 31.2 Å². The first-order valence-corrected chi connectivity index (χ1v) is 9.02. The lowest BCUT2D eigenvalue weighted by atomic mass is 10.0. The molecule has 0 aliphatic heterocycles. The van der Waals surface area contributed by atoms with Gasteiger partial charge in [-0.2, -0.15) is 8.78 Å². The van der Waals surface area contributed by atoms with Crippen LogP contribution in [-0.2, 0) is 6.11 Å². The standard InChI is InChI=1S/C23H19F3O3/c1-3-20(27)18-12-13-19(21(24)22(18)28)23(25,26)29-17-10-8-16(9-11-17)15-6-4-14(2)5-7-15/h4-13,28H,3H2,1-2H3. The summed E-state index contributed by atoms with van der Waals surface area (Å²) in [5.41, 5.74) is 1.34. The number of phenols is 1. The number of rotatable bonds is 6. The molecule has 0 aliphatic carbocycles. The predicted molar refractivity (Wildman–Crippen MR) is 104 cm³/mol. The molecule has 3 aromatic carbocycles. The highest BCUT2D eigenvalue weighted by atomic mass is 19.3. The summed E-state index contributed by atoms with van der Waals surface area (Å²) in [6, 6.07) is 15.4. The van der Waals surface area contributed by atoms with E-state index >= 15 is 0 Å². The average Bonchev–Trinajstić information content (AvgIpc) is 2.70. The van der Waals surface area contributed by atoms with Gasteiger partial charge < -0.3 is 9.84 Å². The van der Waals surface area contributed by atoms with Crippen LogP contribution in [0.25, 0.3) is 11.1 Å². The van der Waals surface area contributed by atoms with Gasteiger partial charge >= 0.3 is 6.11 Å². The van der Waals surface area contributed by atoms with Gasteiger partial charge in [0.15, 0.2) is 17.3 Å². The van der Waals surface area contributed by atoms with Gasteiger partial charge in [-0.15, -0.1) is 0 Å². The Morgan fingerprint density at radius 3 is 2.07 bits per heavy atom. The molecule has 0 spiro atoms. The number of aromatic hydroxyl groups is 1. The lowest BCUT2D eigenvalue weighted by Gasteiger charge is -2.20. The van der Waals surface area contributed by atoms with E-state index in [1.165, 1.54) is 19.1 Å². The number of alkyl halides is 2.